The number of aromatic hydroxyl groups is 1. The zero-order chi connectivity index (χ0) is 23.7. The molecule has 0 aliphatic carbocycles. The number of carbonyl (C=O) groups excluding carboxylic acids is 1. The van der Waals surface area contributed by atoms with Crippen LogP contribution < -0.4 is 15.5 Å². The molecule has 7 nitrogen and oxygen atoms in total. The molecule has 3 heterocycles. The van der Waals surface area contributed by atoms with Gasteiger partial charge in [-0.15, -0.1) is 0 Å². The zero-order valence-electron chi connectivity index (χ0n) is 18.4. The number of nitrogens with one attached hydrogen (secondary N) is 2. The molecule has 8 heteroatoms. The van der Waals surface area contributed by atoms with Crippen LogP contribution in [0.2, 0.25) is 0 Å². The molecule has 0 saturated carbocycles. The number of benzene rings is 2. The number of phenolic OH excluding ortho intramolecular Hbond substituents is 1. The summed E-state index contributed by atoms with van der Waals surface area (Å²) in [5, 5.41) is 16.6. The lowest BCUT2D eigenvalue weighted by Gasteiger charge is -2.29. The van der Waals surface area contributed by atoms with Gasteiger partial charge in [0.15, 0.2) is 5.11 Å². The molecule has 170 valence electrons. The molecule has 5 rings (SSSR count). The van der Waals surface area contributed by atoms with Crippen molar-refractivity contribution < 1.29 is 9.90 Å². The largest absolute Gasteiger partial charge is 0.508 e. The van der Waals surface area contributed by atoms with E-state index in [9.17, 15) is 9.90 Å². The molecule has 0 bridgehead atoms. The number of aromatic nitrogens is 2. The van der Waals surface area contributed by atoms with Crippen molar-refractivity contribution in [2.45, 2.75) is 19.0 Å². The van der Waals surface area contributed by atoms with E-state index in [1.54, 1.807) is 18.3 Å². The lowest BCUT2D eigenvalue weighted by atomic mass is 10.0. The lowest BCUT2D eigenvalue weighted by Crippen LogP contribution is -2.30. The second-order valence-electron chi connectivity index (χ2n) is 8.04. The molecule has 3 N–H and O–H groups in total. The van der Waals surface area contributed by atoms with Crippen molar-refractivity contribution in [2.75, 3.05) is 10.2 Å². The van der Waals surface area contributed by atoms with Crippen LogP contribution in [0.3, 0.4) is 0 Å². The molecule has 2 aromatic carbocycles. The van der Waals surface area contributed by atoms with Gasteiger partial charge in [-0.25, -0.2) is 0 Å². The van der Waals surface area contributed by atoms with Crippen molar-refractivity contribution in [3.8, 4) is 11.4 Å². The summed E-state index contributed by atoms with van der Waals surface area (Å²) < 4.78 is 2.09. The molecule has 0 radical (unpaired) electrons. The van der Waals surface area contributed by atoms with E-state index in [0.717, 1.165) is 28.5 Å². The Kier molecular flexibility index (Phi) is 5.73. The van der Waals surface area contributed by atoms with E-state index in [1.165, 1.54) is 6.92 Å². The summed E-state index contributed by atoms with van der Waals surface area (Å²) in [6.45, 7) is 1.48. The van der Waals surface area contributed by atoms with Crippen molar-refractivity contribution >= 4 is 34.6 Å². The standard InChI is InChI=1S/C26H23N5O2S/c1-17(32)28-18-7-9-20(10-8-18)31-25(24(29-26(31)34)22-5-2-3-15-27-22)23-6-4-16-30(23)19-11-13-21(33)14-12-19/h2-16,24-25,33H,1H3,(H,28,32)(H,29,34). The van der Waals surface area contributed by atoms with Gasteiger partial charge in [-0.3, -0.25) is 9.78 Å². The first kappa shape index (κ1) is 21.7. The maximum Gasteiger partial charge on any atom is 0.221 e. The number of pyridine rings is 1. The van der Waals surface area contributed by atoms with Crippen LogP contribution in [-0.4, -0.2) is 25.7 Å². The summed E-state index contributed by atoms with van der Waals surface area (Å²) >= 11 is 5.81. The Labute approximate surface area is 202 Å². The topological polar surface area (TPSA) is 82.4 Å². The average molecular weight is 470 g/mol. The molecule has 1 amide bonds. The first-order valence-electron chi connectivity index (χ1n) is 10.9. The van der Waals surface area contributed by atoms with E-state index >= 15 is 0 Å². The minimum Gasteiger partial charge on any atom is -0.508 e. The average Bonchev–Trinajstić information content (AvgIpc) is 3.45. The number of amides is 1. The second-order valence-corrected chi connectivity index (χ2v) is 8.43. The highest BCUT2D eigenvalue weighted by atomic mass is 32.1. The molecular formula is C26H23N5O2S. The van der Waals surface area contributed by atoms with Gasteiger partial charge in [0.2, 0.25) is 5.91 Å². The number of hydrogen-bond donors (Lipinski definition) is 3. The van der Waals surface area contributed by atoms with Gasteiger partial charge in [-0.1, -0.05) is 6.07 Å². The molecule has 2 aromatic heterocycles. The van der Waals surface area contributed by atoms with Crippen molar-refractivity contribution in [3.05, 3.63) is 103 Å². The molecule has 2 unspecified atom stereocenters. The fourth-order valence-corrected chi connectivity index (χ4v) is 4.67. The first-order valence-corrected chi connectivity index (χ1v) is 11.3. The zero-order valence-corrected chi connectivity index (χ0v) is 19.2. The normalized spacial score (nSPS) is 17.4. The fourth-order valence-electron chi connectivity index (χ4n) is 4.33. The summed E-state index contributed by atoms with van der Waals surface area (Å²) in [5.74, 6) is 0.0966. The Morgan fingerprint density at radius 3 is 2.41 bits per heavy atom. The van der Waals surface area contributed by atoms with Crippen molar-refractivity contribution in [3.63, 3.8) is 0 Å². The second kappa shape index (κ2) is 8.99. The Morgan fingerprint density at radius 1 is 1.00 bits per heavy atom. The number of anilines is 2. The molecule has 1 aliphatic heterocycles. The van der Waals surface area contributed by atoms with Crippen molar-refractivity contribution in [1.29, 1.82) is 0 Å². The van der Waals surface area contributed by atoms with E-state index < -0.39 is 0 Å². The minimum atomic E-state index is -0.196. The molecule has 1 fully saturated rings. The first-order chi connectivity index (χ1) is 16.5. The Hall–Kier alpha value is -4.17. The van der Waals surface area contributed by atoms with Crippen LogP contribution in [0.25, 0.3) is 5.69 Å². The third kappa shape index (κ3) is 4.11. The maximum absolute atomic E-state index is 11.4. The highest BCUT2D eigenvalue weighted by Gasteiger charge is 2.42. The highest BCUT2D eigenvalue weighted by Crippen LogP contribution is 2.42. The maximum atomic E-state index is 11.4. The highest BCUT2D eigenvalue weighted by molar-refractivity contribution is 7.80. The molecule has 0 spiro atoms. The monoisotopic (exact) mass is 469 g/mol. The van der Waals surface area contributed by atoms with Crippen LogP contribution in [0.5, 0.6) is 5.75 Å². The summed E-state index contributed by atoms with van der Waals surface area (Å²) in [4.78, 5) is 18.1. The smallest absolute Gasteiger partial charge is 0.221 e. The van der Waals surface area contributed by atoms with E-state index in [2.05, 4.69) is 31.2 Å². The number of hydrogen-bond acceptors (Lipinski definition) is 4. The predicted molar refractivity (Wildman–Crippen MR) is 136 cm³/mol. The summed E-state index contributed by atoms with van der Waals surface area (Å²) in [6.07, 6.45) is 3.78. The fraction of sp³-hybridized carbons (Fsp3) is 0.115. The quantitative estimate of drug-likeness (QED) is 0.367. The van der Waals surface area contributed by atoms with Crippen LogP contribution >= 0.6 is 12.2 Å². The number of nitrogens with zero attached hydrogens (tertiary/aromatic N) is 3. The number of phenols is 1. The number of thiocarbonyl (C=S) groups is 1. The molecular weight excluding hydrogens is 446 g/mol. The van der Waals surface area contributed by atoms with E-state index in [0.29, 0.717) is 5.11 Å². The van der Waals surface area contributed by atoms with Gasteiger partial charge in [-0.05, 0) is 85.0 Å². The third-order valence-electron chi connectivity index (χ3n) is 5.78. The van der Waals surface area contributed by atoms with E-state index in [1.807, 2.05) is 66.9 Å². The van der Waals surface area contributed by atoms with Gasteiger partial charge in [0, 0.05) is 42.1 Å². The SMILES string of the molecule is CC(=O)Nc1ccc(N2C(=S)NC(c3ccccn3)C2c2cccn2-c2ccc(O)cc2)cc1. The van der Waals surface area contributed by atoms with Crippen LogP contribution in [0.4, 0.5) is 11.4 Å². The molecule has 4 aromatic rings. The van der Waals surface area contributed by atoms with Crippen LogP contribution in [-0.2, 0) is 4.79 Å². The number of rotatable bonds is 5. The van der Waals surface area contributed by atoms with Gasteiger partial charge >= 0.3 is 0 Å². The molecule has 1 aliphatic rings. The van der Waals surface area contributed by atoms with E-state index in [4.69, 9.17) is 12.2 Å². The Balaban J connectivity index is 1.61. The Bertz CT molecular complexity index is 1320. The van der Waals surface area contributed by atoms with Crippen molar-refractivity contribution in [2.24, 2.45) is 0 Å². The summed E-state index contributed by atoms with van der Waals surface area (Å²) in [6, 6.07) is 24.3. The minimum absolute atomic E-state index is 0.120. The van der Waals surface area contributed by atoms with Gasteiger partial charge < -0.3 is 25.2 Å². The number of carbonyl (C=O) groups is 1. The van der Waals surface area contributed by atoms with Gasteiger partial charge in [0.1, 0.15) is 11.8 Å². The summed E-state index contributed by atoms with van der Waals surface area (Å²) in [7, 11) is 0. The van der Waals surface area contributed by atoms with Crippen LogP contribution in [0.1, 0.15) is 30.4 Å². The van der Waals surface area contributed by atoms with Gasteiger partial charge in [0.25, 0.3) is 0 Å². The Morgan fingerprint density at radius 2 is 1.74 bits per heavy atom. The van der Waals surface area contributed by atoms with Crippen molar-refractivity contribution in [1.82, 2.24) is 14.9 Å². The predicted octanol–water partition coefficient (Wildman–Crippen LogP) is 4.71. The lowest BCUT2D eigenvalue weighted by molar-refractivity contribution is -0.114. The molecule has 2 atom stereocenters. The van der Waals surface area contributed by atoms with Crippen LogP contribution in [0.15, 0.2) is 91.3 Å². The third-order valence-corrected chi connectivity index (χ3v) is 6.09. The van der Waals surface area contributed by atoms with Crippen LogP contribution in [0, 0.1) is 0 Å². The van der Waals surface area contributed by atoms with Gasteiger partial charge in [0.05, 0.1) is 11.7 Å². The molecule has 1 saturated heterocycles. The molecule has 34 heavy (non-hydrogen) atoms. The van der Waals surface area contributed by atoms with Gasteiger partial charge in [-0.2, -0.15) is 0 Å². The summed E-state index contributed by atoms with van der Waals surface area (Å²) in [5.41, 5.74) is 4.44. The van der Waals surface area contributed by atoms with E-state index in [-0.39, 0.29) is 23.7 Å².